The lowest BCUT2D eigenvalue weighted by molar-refractivity contribution is 0.0185. The first-order chi connectivity index (χ1) is 14.3. The van der Waals surface area contributed by atoms with Crippen LogP contribution in [0, 0.1) is 11.8 Å². The maximum absolute atomic E-state index is 12.2. The van der Waals surface area contributed by atoms with Crippen molar-refractivity contribution in [1.29, 1.82) is 0 Å². The van der Waals surface area contributed by atoms with Crippen molar-refractivity contribution in [2.45, 2.75) is 58.6 Å². The third-order valence-corrected chi connectivity index (χ3v) is 6.15. The summed E-state index contributed by atoms with van der Waals surface area (Å²) in [4.78, 5) is 25.2. The zero-order valence-electron chi connectivity index (χ0n) is 19.6. The van der Waals surface area contributed by atoms with Gasteiger partial charge in [-0.1, -0.05) is 6.92 Å². The molecule has 2 atom stereocenters. The van der Waals surface area contributed by atoms with E-state index in [1.807, 2.05) is 45.2 Å². The molecule has 0 saturated carbocycles. The van der Waals surface area contributed by atoms with Crippen LogP contribution >= 0.6 is 24.0 Å². The van der Waals surface area contributed by atoms with Crippen LogP contribution in [0.3, 0.4) is 0 Å². The Bertz CT molecular complexity index is 710. The van der Waals surface area contributed by atoms with Gasteiger partial charge in [-0.3, -0.25) is 4.99 Å². The second kappa shape index (κ2) is 11.4. The fourth-order valence-corrected chi connectivity index (χ4v) is 4.31. The van der Waals surface area contributed by atoms with Gasteiger partial charge in [-0.2, -0.15) is 0 Å². The molecule has 2 saturated heterocycles. The number of aromatic nitrogens is 2. The maximum atomic E-state index is 12.2. The van der Waals surface area contributed by atoms with Crippen LogP contribution in [0.1, 0.15) is 53.0 Å². The zero-order valence-corrected chi connectivity index (χ0v) is 21.9. The number of halogens is 1. The standard InChI is InChI=1S/C22H38N6O2.HI/c1-17-6-10-27(15-19(17)28-13-9-24-16-28)20(23-5)25-14-18-7-11-26(12-8-18)21(29)30-22(2,3)4;/h9,13,16-19H,6-8,10-12,14-15H2,1-5H3,(H,23,25);1H. The molecule has 2 fully saturated rings. The summed E-state index contributed by atoms with van der Waals surface area (Å²) in [5.41, 5.74) is -0.442. The second-order valence-electron chi connectivity index (χ2n) is 9.63. The highest BCUT2D eigenvalue weighted by Crippen LogP contribution is 2.27. The number of rotatable bonds is 3. The predicted molar refractivity (Wildman–Crippen MR) is 134 cm³/mol. The summed E-state index contributed by atoms with van der Waals surface area (Å²) >= 11 is 0. The van der Waals surface area contributed by atoms with E-state index in [9.17, 15) is 4.79 Å². The summed E-state index contributed by atoms with van der Waals surface area (Å²) in [7, 11) is 1.86. The van der Waals surface area contributed by atoms with Crippen LogP contribution in [0.25, 0.3) is 0 Å². The van der Waals surface area contributed by atoms with Crippen molar-refractivity contribution in [3.05, 3.63) is 18.7 Å². The molecule has 31 heavy (non-hydrogen) atoms. The van der Waals surface area contributed by atoms with E-state index in [0.29, 0.717) is 17.9 Å². The van der Waals surface area contributed by atoms with Crippen LogP contribution in [0.15, 0.2) is 23.7 Å². The third-order valence-electron chi connectivity index (χ3n) is 6.15. The van der Waals surface area contributed by atoms with Crippen LogP contribution in [-0.2, 0) is 4.74 Å². The quantitative estimate of drug-likeness (QED) is 0.356. The molecule has 1 N–H and O–H groups in total. The van der Waals surface area contributed by atoms with Gasteiger partial charge >= 0.3 is 6.09 Å². The number of hydrogen-bond acceptors (Lipinski definition) is 4. The summed E-state index contributed by atoms with van der Waals surface area (Å²) in [6, 6.07) is 0.414. The van der Waals surface area contributed by atoms with Gasteiger partial charge in [0.2, 0.25) is 0 Å². The van der Waals surface area contributed by atoms with E-state index in [4.69, 9.17) is 4.74 Å². The number of carbonyl (C=O) groups excluding carboxylic acids is 1. The van der Waals surface area contributed by atoms with Gasteiger partial charge in [0.15, 0.2) is 5.96 Å². The lowest BCUT2D eigenvalue weighted by Crippen LogP contribution is -2.50. The van der Waals surface area contributed by atoms with Gasteiger partial charge in [0.25, 0.3) is 0 Å². The molecule has 3 rings (SSSR count). The number of likely N-dealkylation sites (tertiary alicyclic amines) is 2. The summed E-state index contributed by atoms with van der Waals surface area (Å²) in [6.45, 7) is 12.4. The Balaban J connectivity index is 0.00000341. The topological polar surface area (TPSA) is 75.0 Å². The van der Waals surface area contributed by atoms with Crippen molar-refractivity contribution in [1.82, 2.24) is 24.7 Å². The fraction of sp³-hybridized carbons (Fsp3) is 0.773. The lowest BCUT2D eigenvalue weighted by atomic mass is 9.93. The van der Waals surface area contributed by atoms with Crippen molar-refractivity contribution in [3.8, 4) is 0 Å². The highest BCUT2D eigenvalue weighted by Gasteiger charge is 2.30. The fourth-order valence-electron chi connectivity index (χ4n) is 4.31. The molecule has 8 nitrogen and oxygen atoms in total. The van der Waals surface area contributed by atoms with Gasteiger partial charge in [-0.05, 0) is 51.9 Å². The number of hydrogen-bond donors (Lipinski definition) is 1. The van der Waals surface area contributed by atoms with Gasteiger partial charge < -0.3 is 24.4 Å². The van der Waals surface area contributed by atoms with E-state index >= 15 is 0 Å². The molecule has 2 aliphatic rings. The van der Waals surface area contributed by atoms with E-state index in [1.54, 1.807) is 0 Å². The van der Waals surface area contributed by atoms with Crippen molar-refractivity contribution in [3.63, 3.8) is 0 Å². The highest BCUT2D eigenvalue weighted by atomic mass is 127. The zero-order chi connectivity index (χ0) is 21.7. The smallest absolute Gasteiger partial charge is 0.410 e. The summed E-state index contributed by atoms with van der Waals surface area (Å²) in [5, 5.41) is 3.59. The van der Waals surface area contributed by atoms with E-state index in [1.165, 1.54) is 0 Å². The molecule has 0 aliphatic carbocycles. The van der Waals surface area contributed by atoms with E-state index in [-0.39, 0.29) is 30.1 Å². The number of piperidine rings is 2. The Labute approximate surface area is 203 Å². The molecule has 0 radical (unpaired) electrons. The number of carbonyl (C=O) groups is 1. The molecule has 0 aromatic carbocycles. The van der Waals surface area contributed by atoms with Crippen LogP contribution in [0.4, 0.5) is 4.79 Å². The number of amides is 1. The van der Waals surface area contributed by atoms with Crippen molar-refractivity contribution < 1.29 is 9.53 Å². The van der Waals surface area contributed by atoms with Crippen molar-refractivity contribution in [2.75, 3.05) is 39.8 Å². The van der Waals surface area contributed by atoms with Crippen LogP contribution in [0.2, 0.25) is 0 Å². The Morgan fingerprint density at radius 2 is 1.87 bits per heavy atom. The number of aliphatic imine (C=N–C) groups is 1. The molecule has 1 aromatic heterocycles. The largest absolute Gasteiger partial charge is 0.444 e. The van der Waals surface area contributed by atoms with Crippen molar-refractivity contribution >= 4 is 36.0 Å². The molecule has 1 amide bonds. The number of guanidine groups is 1. The van der Waals surface area contributed by atoms with Crippen LogP contribution < -0.4 is 5.32 Å². The lowest BCUT2D eigenvalue weighted by Gasteiger charge is -2.40. The van der Waals surface area contributed by atoms with Gasteiger partial charge in [0.05, 0.1) is 12.4 Å². The Hall–Kier alpha value is -1.52. The Morgan fingerprint density at radius 3 is 2.45 bits per heavy atom. The first kappa shape index (κ1) is 25.7. The normalized spacial score (nSPS) is 23.3. The number of nitrogens with zero attached hydrogens (tertiary/aromatic N) is 5. The molecule has 1 aromatic rings. The van der Waals surface area contributed by atoms with Gasteiger partial charge in [-0.15, -0.1) is 24.0 Å². The van der Waals surface area contributed by atoms with E-state index in [0.717, 1.165) is 57.9 Å². The minimum Gasteiger partial charge on any atom is -0.444 e. The monoisotopic (exact) mass is 546 g/mol. The van der Waals surface area contributed by atoms with Crippen molar-refractivity contribution in [2.24, 2.45) is 16.8 Å². The summed E-state index contributed by atoms with van der Waals surface area (Å²) in [5.74, 6) is 2.13. The molecule has 2 unspecified atom stereocenters. The maximum Gasteiger partial charge on any atom is 0.410 e. The first-order valence-electron chi connectivity index (χ1n) is 11.2. The number of imidazole rings is 1. The predicted octanol–water partition coefficient (Wildman–Crippen LogP) is 3.61. The minimum absolute atomic E-state index is 0. The first-order valence-corrected chi connectivity index (χ1v) is 11.2. The van der Waals surface area contributed by atoms with Crippen LogP contribution in [-0.4, -0.2) is 76.8 Å². The summed E-state index contributed by atoms with van der Waals surface area (Å²) < 4.78 is 7.71. The molecule has 0 bridgehead atoms. The van der Waals surface area contributed by atoms with Crippen LogP contribution in [0.5, 0.6) is 0 Å². The Kier molecular flexibility index (Phi) is 9.45. The van der Waals surface area contributed by atoms with Gasteiger partial charge in [0, 0.05) is 52.2 Å². The van der Waals surface area contributed by atoms with Gasteiger partial charge in [0.1, 0.15) is 5.60 Å². The number of nitrogens with one attached hydrogen (secondary N) is 1. The average Bonchev–Trinajstić information content (AvgIpc) is 3.23. The minimum atomic E-state index is -0.442. The van der Waals surface area contributed by atoms with E-state index < -0.39 is 5.60 Å². The molecule has 176 valence electrons. The molecule has 2 aliphatic heterocycles. The third kappa shape index (κ3) is 7.25. The number of ether oxygens (including phenoxy) is 1. The highest BCUT2D eigenvalue weighted by molar-refractivity contribution is 14.0. The Morgan fingerprint density at radius 1 is 1.19 bits per heavy atom. The molecular formula is C22H39IN6O2. The van der Waals surface area contributed by atoms with Gasteiger partial charge in [-0.25, -0.2) is 9.78 Å². The second-order valence-corrected chi connectivity index (χ2v) is 9.63. The molecule has 3 heterocycles. The summed E-state index contributed by atoms with van der Waals surface area (Å²) in [6.07, 6.45) is 8.73. The molecular weight excluding hydrogens is 507 g/mol. The average molecular weight is 546 g/mol. The SMILES string of the molecule is CN=C(NCC1CCN(C(=O)OC(C)(C)C)CC1)N1CCC(C)C(n2ccnc2)C1.I. The molecule has 9 heteroatoms. The van der Waals surface area contributed by atoms with E-state index in [2.05, 4.69) is 37.9 Å². The molecule has 0 spiro atoms.